The zero-order chi connectivity index (χ0) is 25.5. The summed E-state index contributed by atoms with van der Waals surface area (Å²) < 4.78 is 0. The molecular formula is C30H34N6O. The first-order chi connectivity index (χ1) is 18.3. The zero-order valence-electron chi connectivity index (χ0n) is 21.1. The fourth-order valence-electron chi connectivity index (χ4n) is 4.07. The molecule has 2 aromatic carbocycles. The van der Waals surface area contributed by atoms with E-state index < -0.39 is 0 Å². The summed E-state index contributed by atoms with van der Waals surface area (Å²) >= 11 is 0. The molecule has 0 spiro atoms. The van der Waals surface area contributed by atoms with E-state index in [2.05, 4.69) is 31.0 Å². The molecule has 0 aliphatic heterocycles. The highest BCUT2D eigenvalue weighted by atomic mass is 16.1. The molecule has 0 radical (unpaired) electrons. The number of amides is 1. The van der Waals surface area contributed by atoms with Gasteiger partial charge in [0.25, 0.3) is 0 Å². The minimum Gasteiger partial charge on any atom is -0.369 e. The fourth-order valence-corrected chi connectivity index (χ4v) is 4.07. The number of carbonyl (C=O) groups excluding carboxylic acids is 1. The van der Waals surface area contributed by atoms with Crippen molar-refractivity contribution in [3.05, 3.63) is 84.9 Å². The van der Waals surface area contributed by atoms with Gasteiger partial charge >= 0.3 is 0 Å². The van der Waals surface area contributed by atoms with Gasteiger partial charge in [-0.3, -0.25) is 4.79 Å². The largest absolute Gasteiger partial charge is 0.369 e. The van der Waals surface area contributed by atoms with Gasteiger partial charge < -0.3 is 10.6 Å². The lowest BCUT2D eigenvalue weighted by Crippen LogP contribution is -2.12. The van der Waals surface area contributed by atoms with Crippen LogP contribution in [0.2, 0.25) is 0 Å². The molecule has 0 atom stereocenters. The van der Waals surface area contributed by atoms with Crippen molar-refractivity contribution in [2.45, 2.75) is 51.4 Å². The fraction of sp³-hybridized carbons (Fsp3) is 0.300. The van der Waals surface area contributed by atoms with Crippen LogP contribution >= 0.6 is 0 Å². The molecule has 0 bridgehead atoms. The summed E-state index contributed by atoms with van der Waals surface area (Å²) in [6.45, 7) is 0.898. The van der Waals surface area contributed by atoms with Crippen LogP contribution in [0.4, 0.5) is 11.6 Å². The number of aromatic nitrogens is 4. The molecule has 190 valence electrons. The average molecular weight is 495 g/mol. The highest BCUT2D eigenvalue weighted by molar-refractivity contribution is 5.89. The van der Waals surface area contributed by atoms with Gasteiger partial charge in [-0.05, 0) is 37.1 Å². The van der Waals surface area contributed by atoms with E-state index in [0.717, 1.165) is 60.6 Å². The SMILES string of the molecule is O=C(CCCCCCCCCNc1ccc(-c2ccccc2)nn1)Nc1ccc(-c2ccccc2)nn1. The summed E-state index contributed by atoms with van der Waals surface area (Å²) in [7, 11) is 0. The third-order valence-electron chi connectivity index (χ3n) is 6.12. The van der Waals surface area contributed by atoms with Crippen molar-refractivity contribution in [1.82, 2.24) is 20.4 Å². The quantitative estimate of drug-likeness (QED) is 0.188. The van der Waals surface area contributed by atoms with Crippen LogP contribution < -0.4 is 10.6 Å². The van der Waals surface area contributed by atoms with Gasteiger partial charge in [-0.2, -0.15) is 0 Å². The van der Waals surface area contributed by atoms with Crippen LogP contribution in [0.15, 0.2) is 84.9 Å². The van der Waals surface area contributed by atoms with Crippen LogP contribution in [0.25, 0.3) is 22.5 Å². The van der Waals surface area contributed by atoms with Crippen molar-refractivity contribution >= 4 is 17.5 Å². The lowest BCUT2D eigenvalue weighted by Gasteiger charge is -2.06. The summed E-state index contributed by atoms with van der Waals surface area (Å²) in [5.41, 5.74) is 3.76. The summed E-state index contributed by atoms with van der Waals surface area (Å²) in [6.07, 6.45) is 8.30. The molecular weight excluding hydrogens is 460 g/mol. The van der Waals surface area contributed by atoms with Gasteiger partial charge in [-0.25, -0.2) is 0 Å². The predicted molar refractivity (Wildman–Crippen MR) is 149 cm³/mol. The molecule has 7 heteroatoms. The van der Waals surface area contributed by atoms with Crippen LogP contribution in [0, 0.1) is 0 Å². The van der Waals surface area contributed by atoms with Crippen molar-refractivity contribution < 1.29 is 4.79 Å². The third kappa shape index (κ3) is 8.79. The van der Waals surface area contributed by atoms with E-state index in [0.29, 0.717) is 12.2 Å². The average Bonchev–Trinajstić information content (AvgIpc) is 2.96. The van der Waals surface area contributed by atoms with Gasteiger partial charge in [0.2, 0.25) is 5.91 Å². The smallest absolute Gasteiger partial charge is 0.225 e. The van der Waals surface area contributed by atoms with Crippen molar-refractivity contribution in [2.24, 2.45) is 0 Å². The topological polar surface area (TPSA) is 92.7 Å². The summed E-state index contributed by atoms with van der Waals surface area (Å²) in [5.74, 6) is 1.31. The van der Waals surface area contributed by atoms with Crippen LogP contribution in [-0.4, -0.2) is 32.8 Å². The van der Waals surface area contributed by atoms with E-state index >= 15 is 0 Å². The van der Waals surface area contributed by atoms with Crippen molar-refractivity contribution in [2.75, 3.05) is 17.2 Å². The normalized spacial score (nSPS) is 10.7. The maximum Gasteiger partial charge on any atom is 0.225 e. The molecule has 0 fully saturated rings. The van der Waals surface area contributed by atoms with Gasteiger partial charge in [-0.1, -0.05) is 92.8 Å². The molecule has 2 aromatic heterocycles. The molecule has 0 saturated carbocycles. The number of benzene rings is 2. The van der Waals surface area contributed by atoms with Crippen molar-refractivity contribution in [3.63, 3.8) is 0 Å². The van der Waals surface area contributed by atoms with Crippen molar-refractivity contribution in [1.29, 1.82) is 0 Å². The van der Waals surface area contributed by atoms with Crippen molar-refractivity contribution in [3.8, 4) is 22.5 Å². The number of nitrogens with one attached hydrogen (secondary N) is 2. The lowest BCUT2D eigenvalue weighted by molar-refractivity contribution is -0.116. The zero-order valence-corrected chi connectivity index (χ0v) is 21.1. The standard InChI is InChI=1S/C30H34N6O/c37-30(32-29-22-20-27(34-36-29)25-16-10-7-11-17-25)18-12-4-2-1-3-5-13-23-31-28-21-19-26(33-35-28)24-14-8-6-9-15-24/h6-11,14-17,19-22H,1-5,12-13,18,23H2,(H,31,35)(H,32,36,37). The van der Waals surface area contributed by atoms with Gasteiger partial charge in [0.15, 0.2) is 5.82 Å². The minimum atomic E-state index is -0.00673. The number of hydrogen-bond donors (Lipinski definition) is 2. The maximum atomic E-state index is 12.2. The van der Waals surface area contributed by atoms with E-state index in [9.17, 15) is 4.79 Å². The van der Waals surface area contributed by atoms with Gasteiger partial charge in [0.1, 0.15) is 5.82 Å². The lowest BCUT2D eigenvalue weighted by atomic mass is 10.1. The van der Waals surface area contributed by atoms with Gasteiger partial charge in [-0.15, -0.1) is 20.4 Å². The van der Waals surface area contributed by atoms with Crippen LogP contribution in [0.1, 0.15) is 51.4 Å². The molecule has 4 rings (SSSR count). The van der Waals surface area contributed by atoms with Crippen LogP contribution in [0.5, 0.6) is 0 Å². The highest BCUT2D eigenvalue weighted by Gasteiger charge is 2.05. The van der Waals surface area contributed by atoms with E-state index in [4.69, 9.17) is 0 Å². The maximum absolute atomic E-state index is 12.2. The first-order valence-corrected chi connectivity index (χ1v) is 13.1. The number of anilines is 2. The Balaban J connectivity index is 1.00. The Morgan fingerprint density at radius 1 is 0.541 bits per heavy atom. The predicted octanol–water partition coefficient (Wildman–Crippen LogP) is 6.77. The number of nitrogens with zero attached hydrogens (tertiary/aromatic N) is 4. The second-order valence-electron chi connectivity index (χ2n) is 9.04. The number of carbonyl (C=O) groups is 1. The first-order valence-electron chi connectivity index (χ1n) is 13.1. The Morgan fingerprint density at radius 2 is 1.05 bits per heavy atom. The van der Waals surface area contributed by atoms with Crippen LogP contribution in [-0.2, 0) is 4.79 Å². The Labute approximate surface area is 218 Å². The minimum absolute atomic E-state index is 0.00673. The van der Waals surface area contributed by atoms with Gasteiger partial charge in [0, 0.05) is 24.1 Å². The summed E-state index contributed by atoms with van der Waals surface area (Å²) in [4.78, 5) is 12.2. The number of hydrogen-bond acceptors (Lipinski definition) is 6. The first kappa shape index (κ1) is 25.9. The molecule has 0 aliphatic rings. The molecule has 0 aliphatic carbocycles. The molecule has 0 unspecified atom stereocenters. The Morgan fingerprint density at radius 3 is 1.59 bits per heavy atom. The monoisotopic (exact) mass is 494 g/mol. The second-order valence-corrected chi connectivity index (χ2v) is 9.04. The molecule has 2 heterocycles. The molecule has 0 saturated heterocycles. The molecule has 2 N–H and O–H groups in total. The second kappa shape index (κ2) is 14.4. The Kier molecular flexibility index (Phi) is 10.1. The van der Waals surface area contributed by atoms with Gasteiger partial charge in [0.05, 0.1) is 11.4 Å². The number of rotatable bonds is 14. The van der Waals surface area contributed by atoms with E-state index in [1.54, 1.807) is 6.07 Å². The Hall–Kier alpha value is -4.13. The van der Waals surface area contributed by atoms with E-state index in [-0.39, 0.29) is 5.91 Å². The Bertz CT molecular complexity index is 1200. The highest BCUT2D eigenvalue weighted by Crippen LogP contribution is 2.18. The molecule has 1 amide bonds. The summed E-state index contributed by atoms with van der Waals surface area (Å²) in [5, 5.41) is 23.1. The molecule has 37 heavy (non-hydrogen) atoms. The third-order valence-corrected chi connectivity index (χ3v) is 6.12. The number of unbranched alkanes of at least 4 members (excludes halogenated alkanes) is 6. The summed E-state index contributed by atoms with van der Waals surface area (Å²) in [6, 6.07) is 27.6. The molecule has 7 nitrogen and oxygen atoms in total. The molecule has 4 aromatic rings. The van der Waals surface area contributed by atoms with E-state index in [1.807, 2.05) is 78.9 Å². The van der Waals surface area contributed by atoms with Crippen LogP contribution in [0.3, 0.4) is 0 Å². The van der Waals surface area contributed by atoms with E-state index in [1.165, 1.54) is 19.3 Å².